The third kappa shape index (κ3) is 3.21. The molecule has 0 fully saturated rings. The minimum Gasteiger partial charge on any atom is -0.510 e. The first-order valence-corrected chi connectivity index (χ1v) is 8.53. The van der Waals surface area contributed by atoms with E-state index in [0.717, 1.165) is 10.2 Å². The standard InChI is InChI=1S/C15H13N5OS2/c1-8(22-15-17-9(2)19-20-15)13(21)10(7-16)14-18-11-5-3-4-6-12(11)23-14/h3-6,8,21H,1-2H3,(H,17,19,20). The Morgan fingerprint density at radius 3 is 2.83 bits per heavy atom. The summed E-state index contributed by atoms with van der Waals surface area (Å²) >= 11 is 2.67. The van der Waals surface area contributed by atoms with Crippen LogP contribution >= 0.6 is 23.1 Å². The van der Waals surface area contributed by atoms with Crippen molar-refractivity contribution in [3.8, 4) is 6.07 Å². The van der Waals surface area contributed by atoms with E-state index in [9.17, 15) is 10.4 Å². The molecule has 0 aliphatic rings. The first-order valence-electron chi connectivity index (χ1n) is 6.83. The van der Waals surface area contributed by atoms with E-state index in [1.807, 2.05) is 24.3 Å². The summed E-state index contributed by atoms with van der Waals surface area (Å²) < 4.78 is 0.980. The number of nitrogens with zero attached hydrogens (tertiary/aromatic N) is 4. The van der Waals surface area contributed by atoms with Gasteiger partial charge in [0.25, 0.3) is 0 Å². The Bertz CT molecular complexity index is 888. The predicted octanol–water partition coefficient (Wildman–Crippen LogP) is 3.70. The molecule has 3 rings (SSSR count). The number of thioether (sulfide) groups is 1. The lowest BCUT2D eigenvalue weighted by molar-refractivity contribution is 0.402. The summed E-state index contributed by atoms with van der Waals surface area (Å²) in [5.41, 5.74) is 1.01. The number of fused-ring (bicyclic) bond motifs is 1. The van der Waals surface area contributed by atoms with Gasteiger partial charge in [0, 0.05) is 0 Å². The van der Waals surface area contributed by atoms with Crippen molar-refractivity contribution in [2.24, 2.45) is 0 Å². The molecule has 1 atom stereocenters. The number of para-hydroxylation sites is 1. The lowest BCUT2D eigenvalue weighted by Crippen LogP contribution is -2.04. The first kappa shape index (κ1) is 15.5. The van der Waals surface area contributed by atoms with Crippen LogP contribution in [0.25, 0.3) is 15.8 Å². The number of aliphatic hydroxyl groups is 1. The molecular weight excluding hydrogens is 330 g/mol. The Morgan fingerprint density at radius 1 is 1.39 bits per heavy atom. The SMILES string of the molecule is Cc1nc(SC(C)C(O)=C(C#N)c2nc3ccccc3s2)n[nH]1. The van der Waals surface area contributed by atoms with Crippen LogP contribution in [0.5, 0.6) is 0 Å². The second-order valence-corrected chi connectivity index (χ2v) is 7.16. The Balaban J connectivity index is 1.93. The number of aliphatic hydroxyl groups excluding tert-OH is 1. The molecule has 0 radical (unpaired) electrons. The van der Waals surface area contributed by atoms with Crippen molar-refractivity contribution < 1.29 is 5.11 Å². The monoisotopic (exact) mass is 343 g/mol. The molecule has 1 aromatic carbocycles. The molecular formula is C15H13N5OS2. The number of hydrogen-bond acceptors (Lipinski definition) is 7. The molecule has 0 spiro atoms. The molecule has 8 heteroatoms. The van der Waals surface area contributed by atoms with Gasteiger partial charge in [-0.1, -0.05) is 23.9 Å². The minimum absolute atomic E-state index is 0.0148. The molecule has 0 saturated heterocycles. The van der Waals surface area contributed by atoms with Gasteiger partial charge in [0.15, 0.2) is 0 Å². The minimum atomic E-state index is -0.355. The number of aromatic amines is 1. The van der Waals surface area contributed by atoms with Crippen LogP contribution in [-0.2, 0) is 0 Å². The summed E-state index contributed by atoms with van der Waals surface area (Å²) in [7, 11) is 0. The number of rotatable bonds is 4. The van der Waals surface area contributed by atoms with Crippen molar-refractivity contribution in [1.82, 2.24) is 20.2 Å². The number of H-pyrrole nitrogens is 1. The molecule has 0 aliphatic heterocycles. The molecule has 0 saturated carbocycles. The van der Waals surface area contributed by atoms with E-state index in [1.54, 1.807) is 13.8 Å². The summed E-state index contributed by atoms with van der Waals surface area (Å²) in [5.74, 6) is 0.689. The van der Waals surface area contributed by atoms with Crippen molar-refractivity contribution in [2.75, 3.05) is 0 Å². The molecule has 1 unspecified atom stereocenters. The zero-order valence-corrected chi connectivity index (χ0v) is 14.1. The lowest BCUT2D eigenvalue weighted by Gasteiger charge is -2.09. The maximum atomic E-state index is 10.5. The molecule has 2 aromatic heterocycles. The van der Waals surface area contributed by atoms with Crippen molar-refractivity contribution in [2.45, 2.75) is 24.3 Å². The Hall–Kier alpha value is -2.37. The Labute approximate surface area is 140 Å². The third-order valence-electron chi connectivity index (χ3n) is 3.12. The van der Waals surface area contributed by atoms with Crippen molar-refractivity contribution in [3.05, 3.63) is 40.9 Å². The predicted molar refractivity (Wildman–Crippen MR) is 91.2 cm³/mol. The van der Waals surface area contributed by atoms with Gasteiger partial charge in [0.05, 0.1) is 15.5 Å². The number of nitrogens with one attached hydrogen (secondary N) is 1. The number of aromatic nitrogens is 4. The van der Waals surface area contributed by atoms with Gasteiger partial charge in [-0.2, -0.15) is 5.26 Å². The molecule has 116 valence electrons. The zero-order valence-electron chi connectivity index (χ0n) is 12.4. The van der Waals surface area contributed by atoms with E-state index < -0.39 is 0 Å². The summed E-state index contributed by atoms with van der Waals surface area (Å²) in [5, 5.41) is 27.4. The van der Waals surface area contributed by atoms with Crippen molar-refractivity contribution in [3.63, 3.8) is 0 Å². The number of aryl methyl sites for hydroxylation is 1. The van der Waals surface area contributed by atoms with Crippen molar-refractivity contribution >= 4 is 38.9 Å². The van der Waals surface area contributed by atoms with E-state index in [-0.39, 0.29) is 16.6 Å². The fourth-order valence-electron chi connectivity index (χ4n) is 1.99. The highest BCUT2D eigenvalue weighted by Crippen LogP contribution is 2.32. The van der Waals surface area contributed by atoms with Gasteiger partial charge in [-0.15, -0.1) is 16.4 Å². The molecule has 0 aliphatic carbocycles. The third-order valence-corrected chi connectivity index (χ3v) is 5.14. The molecule has 0 amide bonds. The molecule has 0 bridgehead atoms. The number of benzene rings is 1. The summed E-state index contributed by atoms with van der Waals surface area (Å²) in [4.78, 5) is 8.62. The van der Waals surface area contributed by atoms with Crippen LogP contribution < -0.4 is 0 Å². The maximum absolute atomic E-state index is 10.5. The van der Waals surface area contributed by atoms with Gasteiger partial charge in [-0.05, 0) is 26.0 Å². The fourth-order valence-corrected chi connectivity index (χ4v) is 3.79. The molecule has 2 heterocycles. The number of allylic oxidation sites excluding steroid dienone is 1. The topological polar surface area (TPSA) is 98.5 Å². The molecule has 3 aromatic rings. The van der Waals surface area contributed by atoms with Crippen LogP contribution in [0.2, 0.25) is 0 Å². The highest BCUT2D eigenvalue weighted by atomic mass is 32.2. The first-order chi connectivity index (χ1) is 11.1. The van der Waals surface area contributed by atoms with E-state index in [1.165, 1.54) is 23.1 Å². The maximum Gasteiger partial charge on any atom is 0.209 e. The van der Waals surface area contributed by atoms with Crippen LogP contribution in [0.4, 0.5) is 0 Å². The summed E-state index contributed by atoms with van der Waals surface area (Å²) in [6.07, 6.45) is 0. The zero-order chi connectivity index (χ0) is 16.4. The number of hydrogen-bond donors (Lipinski definition) is 2. The van der Waals surface area contributed by atoms with Gasteiger partial charge < -0.3 is 5.11 Å². The van der Waals surface area contributed by atoms with Crippen LogP contribution in [0.3, 0.4) is 0 Å². The molecule has 2 N–H and O–H groups in total. The normalized spacial score (nSPS) is 13.6. The van der Waals surface area contributed by atoms with Gasteiger partial charge in [-0.25, -0.2) is 9.97 Å². The van der Waals surface area contributed by atoms with Crippen LogP contribution in [0.15, 0.2) is 35.2 Å². The van der Waals surface area contributed by atoms with Gasteiger partial charge in [0.2, 0.25) is 5.16 Å². The van der Waals surface area contributed by atoms with E-state index in [0.29, 0.717) is 16.0 Å². The van der Waals surface area contributed by atoms with Crippen LogP contribution in [-0.4, -0.2) is 30.5 Å². The quantitative estimate of drug-likeness (QED) is 0.426. The average Bonchev–Trinajstić information content (AvgIpc) is 3.13. The molecule has 23 heavy (non-hydrogen) atoms. The smallest absolute Gasteiger partial charge is 0.209 e. The summed E-state index contributed by atoms with van der Waals surface area (Å²) in [6, 6.07) is 9.71. The van der Waals surface area contributed by atoms with E-state index >= 15 is 0 Å². The summed E-state index contributed by atoms with van der Waals surface area (Å²) in [6.45, 7) is 3.61. The second-order valence-electron chi connectivity index (χ2n) is 4.82. The second kappa shape index (κ2) is 6.40. The fraction of sp³-hybridized carbons (Fsp3) is 0.200. The molecule has 6 nitrogen and oxygen atoms in total. The Morgan fingerprint density at radius 2 is 2.17 bits per heavy atom. The Kier molecular flexibility index (Phi) is 4.32. The average molecular weight is 343 g/mol. The van der Waals surface area contributed by atoms with Gasteiger partial charge >= 0.3 is 0 Å². The highest BCUT2D eigenvalue weighted by Gasteiger charge is 2.20. The highest BCUT2D eigenvalue weighted by molar-refractivity contribution is 7.99. The largest absolute Gasteiger partial charge is 0.510 e. The number of thiazole rings is 1. The van der Waals surface area contributed by atoms with Gasteiger partial charge in [-0.3, -0.25) is 5.10 Å². The van der Waals surface area contributed by atoms with Gasteiger partial charge in [0.1, 0.15) is 28.2 Å². The van der Waals surface area contributed by atoms with Crippen LogP contribution in [0.1, 0.15) is 17.8 Å². The van der Waals surface area contributed by atoms with Crippen molar-refractivity contribution in [1.29, 1.82) is 5.26 Å². The number of nitriles is 1. The van der Waals surface area contributed by atoms with Crippen LogP contribution in [0, 0.1) is 18.3 Å². The van der Waals surface area contributed by atoms with E-state index in [2.05, 4.69) is 26.2 Å². The van der Waals surface area contributed by atoms with E-state index in [4.69, 9.17) is 0 Å². The lowest BCUT2D eigenvalue weighted by atomic mass is 10.2.